The van der Waals surface area contributed by atoms with Gasteiger partial charge in [0.15, 0.2) is 0 Å². The van der Waals surface area contributed by atoms with E-state index in [1.807, 2.05) is 48.5 Å². The maximum atomic E-state index is 5.70. The van der Waals surface area contributed by atoms with Crippen LogP contribution >= 0.6 is 15.9 Å². The Morgan fingerprint density at radius 2 is 1.67 bits per heavy atom. The fraction of sp³-hybridized carbons (Fsp3) is 0.118. The predicted molar refractivity (Wildman–Crippen MR) is 94.6 cm³/mol. The van der Waals surface area contributed by atoms with E-state index in [-0.39, 0.29) is 0 Å². The molecule has 0 aliphatic carbocycles. The molecule has 6 nitrogen and oxygen atoms in total. The molecule has 0 saturated heterocycles. The number of nitrogens with zero attached hydrogens (tertiary/aromatic N) is 4. The van der Waals surface area contributed by atoms with Crippen molar-refractivity contribution in [3.8, 4) is 11.5 Å². The van der Waals surface area contributed by atoms with Crippen molar-refractivity contribution in [3.63, 3.8) is 0 Å². The molecule has 0 amide bonds. The summed E-state index contributed by atoms with van der Waals surface area (Å²) in [5.41, 5.74) is 0.926. The largest absolute Gasteiger partial charge is 0.490 e. The zero-order valence-electron chi connectivity index (χ0n) is 12.7. The van der Waals surface area contributed by atoms with Crippen molar-refractivity contribution in [3.05, 3.63) is 71.2 Å². The van der Waals surface area contributed by atoms with Crippen LogP contribution in [0.25, 0.3) is 0 Å². The van der Waals surface area contributed by atoms with E-state index in [4.69, 9.17) is 9.47 Å². The van der Waals surface area contributed by atoms with Crippen LogP contribution in [-0.4, -0.2) is 34.3 Å². The van der Waals surface area contributed by atoms with E-state index in [1.165, 1.54) is 17.3 Å². The van der Waals surface area contributed by atoms with Gasteiger partial charge in [0, 0.05) is 4.47 Å². The van der Waals surface area contributed by atoms with Crippen molar-refractivity contribution in [1.29, 1.82) is 0 Å². The molecule has 122 valence electrons. The predicted octanol–water partition coefficient (Wildman–Crippen LogP) is 3.38. The summed E-state index contributed by atoms with van der Waals surface area (Å²) >= 11 is 3.39. The molecular weight excluding hydrogens is 372 g/mol. The van der Waals surface area contributed by atoms with Crippen LogP contribution in [0.2, 0.25) is 0 Å². The van der Waals surface area contributed by atoms with Crippen molar-refractivity contribution in [1.82, 2.24) is 14.9 Å². The monoisotopic (exact) mass is 386 g/mol. The van der Waals surface area contributed by atoms with Gasteiger partial charge in [-0.15, -0.1) is 10.2 Å². The normalized spacial score (nSPS) is 10.9. The minimum Gasteiger partial charge on any atom is -0.490 e. The highest BCUT2D eigenvalue weighted by Crippen LogP contribution is 2.16. The second-order valence-corrected chi connectivity index (χ2v) is 5.73. The van der Waals surface area contributed by atoms with Crippen LogP contribution in [0, 0.1) is 0 Å². The molecule has 0 fully saturated rings. The molecule has 0 atom stereocenters. The number of rotatable bonds is 7. The Labute approximate surface area is 147 Å². The molecule has 7 heteroatoms. The van der Waals surface area contributed by atoms with Gasteiger partial charge in [-0.3, -0.25) is 0 Å². The van der Waals surface area contributed by atoms with Gasteiger partial charge in [-0.05, 0) is 42.0 Å². The SMILES string of the molecule is Brc1ccc(OCCOc2cccc(/C=N/n3cnnc3)c2)cc1. The molecule has 0 spiro atoms. The van der Waals surface area contributed by atoms with Crippen LogP contribution in [0.3, 0.4) is 0 Å². The van der Waals surface area contributed by atoms with Crippen molar-refractivity contribution < 1.29 is 9.47 Å². The average Bonchev–Trinajstić information content (AvgIpc) is 3.12. The molecule has 2 aromatic carbocycles. The Bertz CT molecular complexity index is 789. The van der Waals surface area contributed by atoms with Gasteiger partial charge in [0.1, 0.15) is 37.4 Å². The summed E-state index contributed by atoms with van der Waals surface area (Å²) in [6, 6.07) is 15.4. The number of benzene rings is 2. The minimum absolute atomic E-state index is 0.460. The number of halogens is 1. The average molecular weight is 387 g/mol. The van der Waals surface area contributed by atoms with E-state index < -0.39 is 0 Å². The Morgan fingerprint density at radius 1 is 0.958 bits per heavy atom. The van der Waals surface area contributed by atoms with Gasteiger partial charge < -0.3 is 9.47 Å². The molecule has 24 heavy (non-hydrogen) atoms. The molecular formula is C17H15BrN4O2. The van der Waals surface area contributed by atoms with Crippen molar-refractivity contribution in [2.24, 2.45) is 5.10 Å². The molecule has 0 radical (unpaired) electrons. The molecule has 3 rings (SSSR count). The minimum atomic E-state index is 0.460. The quantitative estimate of drug-likeness (QED) is 0.461. The lowest BCUT2D eigenvalue weighted by Crippen LogP contribution is -2.09. The molecule has 1 heterocycles. The third kappa shape index (κ3) is 4.92. The summed E-state index contributed by atoms with van der Waals surface area (Å²) in [6.07, 6.45) is 4.77. The van der Waals surface area contributed by atoms with Gasteiger partial charge in [-0.25, -0.2) is 4.68 Å². The summed E-state index contributed by atoms with van der Waals surface area (Å²) in [7, 11) is 0. The zero-order valence-corrected chi connectivity index (χ0v) is 14.3. The maximum absolute atomic E-state index is 5.70. The standard InChI is InChI=1S/C17H15BrN4O2/c18-15-4-6-16(7-5-15)23-8-9-24-17-3-1-2-14(10-17)11-21-22-12-19-20-13-22/h1-7,10-13H,8-9H2/b21-11+. The first-order chi connectivity index (χ1) is 11.8. The fourth-order valence-electron chi connectivity index (χ4n) is 1.92. The summed E-state index contributed by atoms with van der Waals surface area (Å²) < 4.78 is 13.9. The molecule has 0 unspecified atom stereocenters. The van der Waals surface area contributed by atoms with E-state index in [2.05, 4.69) is 31.2 Å². The Morgan fingerprint density at radius 3 is 2.42 bits per heavy atom. The number of ether oxygens (including phenoxy) is 2. The van der Waals surface area contributed by atoms with E-state index in [9.17, 15) is 0 Å². The summed E-state index contributed by atoms with van der Waals surface area (Å²) in [6.45, 7) is 0.933. The Kier molecular flexibility index (Phi) is 5.57. The second-order valence-electron chi connectivity index (χ2n) is 4.81. The molecule has 1 aromatic heterocycles. The molecule has 0 N–H and O–H groups in total. The van der Waals surface area contributed by atoms with Crippen LogP contribution in [0.4, 0.5) is 0 Å². The summed E-state index contributed by atoms with van der Waals surface area (Å²) in [5, 5.41) is 11.6. The van der Waals surface area contributed by atoms with Gasteiger partial charge in [0.25, 0.3) is 0 Å². The lowest BCUT2D eigenvalue weighted by Gasteiger charge is -2.08. The van der Waals surface area contributed by atoms with Gasteiger partial charge >= 0.3 is 0 Å². The first-order valence-corrected chi connectivity index (χ1v) is 8.09. The lowest BCUT2D eigenvalue weighted by atomic mass is 10.2. The third-order valence-electron chi connectivity index (χ3n) is 3.04. The van der Waals surface area contributed by atoms with E-state index in [1.54, 1.807) is 6.21 Å². The van der Waals surface area contributed by atoms with Crippen molar-refractivity contribution in [2.75, 3.05) is 13.2 Å². The van der Waals surface area contributed by atoms with Gasteiger partial charge in [-0.2, -0.15) is 5.10 Å². The van der Waals surface area contributed by atoms with Crippen molar-refractivity contribution >= 4 is 22.1 Å². The highest BCUT2D eigenvalue weighted by Gasteiger charge is 1.97. The van der Waals surface area contributed by atoms with E-state index in [0.717, 1.165) is 21.5 Å². The van der Waals surface area contributed by atoms with Gasteiger partial charge in [0.2, 0.25) is 0 Å². The number of hydrogen-bond donors (Lipinski definition) is 0. The highest BCUT2D eigenvalue weighted by molar-refractivity contribution is 9.10. The summed E-state index contributed by atoms with van der Waals surface area (Å²) in [5.74, 6) is 1.58. The first kappa shape index (κ1) is 16.2. The molecule has 0 saturated carbocycles. The smallest absolute Gasteiger partial charge is 0.141 e. The molecule has 0 aliphatic heterocycles. The Balaban J connectivity index is 1.48. The number of aromatic nitrogens is 3. The second kappa shape index (κ2) is 8.26. The van der Waals surface area contributed by atoms with Crippen molar-refractivity contribution in [2.45, 2.75) is 0 Å². The van der Waals surface area contributed by atoms with Gasteiger partial charge in [0.05, 0.1) is 6.21 Å². The van der Waals surface area contributed by atoms with Crippen LogP contribution in [0.15, 0.2) is 70.8 Å². The lowest BCUT2D eigenvalue weighted by molar-refractivity contribution is 0.217. The molecule has 0 bridgehead atoms. The fourth-order valence-corrected chi connectivity index (χ4v) is 2.19. The van der Waals surface area contributed by atoms with Crippen LogP contribution in [0.1, 0.15) is 5.56 Å². The van der Waals surface area contributed by atoms with E-state index >= 15 is 0 Å². The zero-order chi connectivity index (χ0) is 16.6. The Hall–Kier alpha value is -2.67. The van der Waals surface area contributed by atoms with Crippen LogP contribution < -0.4 is 9.47 Å². The highest BCUT2D eigenvalue weighted by atomic mass is 79.9. The molecule has 0 aliphatic rings. The van der Waals surface area contributed by atoms with Gasteiger partial charge in [-0.1, -0.05) is 28.1 Å². The first-order valence-electron chi connectivity index (χ1n) is 7.30. The topological polar surface area (TPSA) is 61.5 Å². The number of hydrogen-bond acceptors (Lipinski definition) is 5. The molecule has 3 aromatic rings. The van der Waals surface area contributed by atoms with Crippen LogP contribution in [-0.2, 0) is 0 Å². The maximum Gasteiger partial charge on any atom is 0.141 e. The summed E-state index contributed by atoms with van der Waals surface area (Å²) in [4.78, 5) is 0. The van der Waals surface area contributed by atoms with E-state index in [0.29, 0.717) is 13.2 Å². The third-order valence-corrected chi connectivity index (χ3v) is 3.57. The van der Waals surface area contributed by atoms with Crippen LogP contribution in [0.5, 0.6) is 11.5 Å².